The van der Waals surface area contributed by atoms with Crippen molar-refractivity contribution in [1.82, 2.24) is 9.80 Å². The maximum absolute atomic E-state index is 13.8. The maximum Gasteiger partial charge on any atom is 0.254 e. The minimum Gasteiger partial charge on any atom is -0.494 e. The van der Waals surface area contributed by atoms with Gasteiger partial charge in [0.1, 0.15) is 0 Å². The Morgan fingerprint density at radius 1 is 1.41 bits per heavy atom. The number of carbonyl (C=O) groups is 1. The number of rotatable bonds is 2. The molecule has 0 radical (unpaired) electrons. The molecule has 2 aliphatic rings. The van der Waals surface area contributed by atoms with E-state index in [0.717, 1.165) is 19.5 Å². The lowest BCUT2D eigenvalue weighted by Crippen LogP contribution is -2.60. The molecule has 1 aromatic rings. The van der Waals surface area contributed by atoms with Crippen LogP contribution in [0, 0.1) is 5.82 Å². The summed E-state index contributed by atoms with van der Waals surface area (Å²) in [7, 11) is 3.45. The van der Waals surface area contributed by atoms with E-state index in [9.17, 15) is 9.18 Å². The van der Waals surface area contributed by atoms with E-state index in [0.29, 0.717) is 18.7 Å². The number of hydrogen-bond donors (Lipinski definition) is 0. The topological polar surface area (TPSA) is 42.0 Å². The Kier molecular flexibility index (Phi) is 4.31. The van der Waals surface area contributed by atoms with Crippen LogP contribution in [0.2, 0.25) is 0 Å². The fourth-order valence-electron chi connectivity index (χ4n) is 3.25. The number of amides is 1. The first-order valence-corrected chi connectivity index (χ1v) is 7.55. The second-order valence-electron chi connectivity index (χ2n) is 5.88. The second-order valence-corrected chi connectivity index (χ2v) is 5.88. The van der Waals surface area contributed by atoms with Gasteiger partial charge >= 0.3 is 0 Å². The van der Waals surface area contributed by atoms with Crippen LogP contribution in [-0.2, 0) is 4.74 Å². The van der Waals surface area contributed by atoms with Crippen molar-refractivity contribution in [1.29, 1.82) is 0 Å². The number of benzene rings is 1. The summed E-state index contributed by atoms with van der Waals surface area (Å²) in [6.45, 7) is 2.84. The largest absolute Gasteiger partial charge is 0.494 e. The van der Waals surface area contributed by atoms with E-state index < -0.39 is 5.82 Å². The zero-order valence-electron chi connectivity index (χ0n) is 12.9. The molecule has 22 heavy (non-hydrogen) atoms. The number of piperidine rings is 1. The second kappa shape index (κ2) is 6.22. The Morgan fingerprint density at radius 3 is 2.95 bits per heavy atom. The molecular formula is C16H21FN2O3. The molecule has 0 N–H and O–H groups in total. The van der Waals surface area contributed by atoms with Gasteiger partial charge in [0.2, 0.25) is 0 Å². The lowest BCUT2D eigenvalue weighted by molar-refractivity contribution is -0.0869. The van der Waals surface area contributed by atoms with Gasteiger partial charge < -0.3 is 19.3 Å². The van der Waals surface area contributed by atoms with Gasteiger partial charge in [0, 0.05) is 25.2 Å². The predicted molar refractivity (Wildman–Crippen MR) is 79.6 cm³/mol. The third kappa shape index (κ3) is 2.80. The SMILES string of the molecule is COc1ccc(C(=O)N2CCO[C@@H]3CCN(C)C[C@@H]32)cc1F. The van der Waals surface area contributed by atoms with Crippen LogP contribution in [0.1, 0.15) is 16.8 Å². The normalized spacial score (nSPS) is 25.7. The van der Waals surface area contributed by atoms with Crippen LogP contribution in [0.3, 0.4) is 0 Å². The van der Waals surface area contributed by atoms with E-state index in [2.05, 4.69) is 4.90 Å². The number of likely N-dealkylation sites (tertiary alicyclic amines) is 1. The zero-order chi connectivity index (χ0) is 15.7. The summed E-state index contributed by atoms with van der Waals surface area (Å²) in [4.78, 5) is 16.8. The van der Waals surface area contributed by atoms with Crippen LogP contribution in [0.25, 0.3) is 0 Å². The third-order valence-electron chi connectivity index (χ3n) is 4.45. The first-order valence-electron chi connectivity index (χ1n) is 7.55. The van der Waals surface area contributed by atoms with Crippen molar-refractivity contribution >= 4 is 5.91 Å². The highest BCUT2D eigenvalue weighted by molar-refractivity contribution is 5.94. The number of carbonyl (C=O) groups excluding carboxylic acids is 1. The quantitative estimate of drug-likeness (QED) is 0.828. The van der Waals surface area contributed by atoms with Crippen LogP contribution in [0.15, 0.2) is 18.2 Å². The molecular weight excluding hydrogens is 287 g/mol. The minimum atomic E-state index is -0.515. The first kappa shape index (κ1) is 15.2. The van der Waals surface area contributed by atoms with Crippen LogP contribution in [0.4, 0.5) is 4.39 Å². The molecule has 0 unspecified atom stereocenters. The van der Waals surface area contributed by atoms with Gasteiger partial charge in [-0.25, -0.2) is 4.39 Å². The highest BCUT2D eigenvalue weighted by Gasteiger charge is 2.38. The maximum atomic E-state index is 13.8. The standard InChI is InChI=1S/C16H21FN2O3/c1-18-6-5-15-13(10-18)19(7-8-22-15)16(20)11-3-4-14(21-2)12(17)9-11/h3-4,9,13,15H,5-8,10H2,1-2H3/t13-,15+/m0/s1. The average molecular weight is 308 g/mol. The van der Waals surface area contributed by atoms with Crippen molar-refractivity contribution in [3.8, 4) is 5.75 Å². The third-order valence-corrected chi connectivity index (χ3v) is 4.45. The Hall–Kier alpha value is -1.66. The molecule has 0 bridgehead atoms. The predicted octanol–water partition coefficient (Wildman–Crippen LogP) is 1.38. The molecule has 0 aliphatic carbocycles. The van der Waals surface area contributed by atoms with Gasteiger partial charge in [-0.2, -0.15) is 0 Å². The van der Waals surface area contributed by atoms with E-state index in [1.807, 2.05) is 11.9 Å². The smallest absolute Gasteiger partial charge is 0.254 e. The summed E-state index contributed by atoms with van der Waals surface area (Å²) in [5, 5.41) is 0. The minimum absolute atomic E-state index is 0.0326. The van der Waals surface area contributed by atoms with Crippen molar-refractivity contribution in [3.05, 3.63) is 29.6 Å². The van der Waals surface area contributed by atoms with Crippen molar-refractivity contribution in [2.75, 3.05) is 40.4 Å². The number of halogens is 1. The van der Waals surface area contributed by atoms with E-state index >= 15 is 0 Å². The summed E-state index contributed by atoms with van der Waals surface area (Å²) in [6, 6.07) is 4.39. The van der Waals surface area contributed by atoms with E-state index in [-0.39, 0.29) is 23.8 Å². The highest BCUT2D eigenvalue weighted by atomic mass is 19.1. The average Bonchev–Trinajstić information content (AvgIpc) is 2.53. The lowest BCUT2D eigenvalue weighted by atomic mass is 9.98. The Balaban J connectivity index is 1.82. The Bertz CT molecular complexity index is 566. The molecule has 6 heteroatoms. The van der Waals surface area contributed by atoms with Gasteiger partial charge in [-0.3, -0.25) is 4.79 Å². The number of morpholine rings is 1. The van der Waals surface area contributed by atoms with Gasteiger partial charge in [-0.1, -0.05) is 0 Å². The molecule has 1 amide bonds. The molecule has 2 fully saturated rings. The molecule has 0 aromatic heterocycles. The van der Waals surface area contributed by atoms with Gasteiger partial charge in [-0.05, 0) is 31.7 Å². The molecule has 3 rings (SSSR count). The molecule has 2 aliphatic heterocycles. The fraction of sp³-hybridized carbons (Fsp3) is 0.562. The molecule has 1 aromatic carbocycles. The summed E-state index contributed by atoms with van der Waals surface area (Å²) < 4.78 is 24.5. The van der Waals surface area contributed by atoms with Crippen LogP contribution >= 0.6 is 0 Å². The molecule has 0 saturated carbocycles. The summed E-state index contributed by atoms with van der Waals surface area (Å²) >= 11 is 0. The number of nitrogens with zero attached hydrogens (tertiary/aromatic N) is 2. The fourth-order valence-corrected chi connectivity index (χ4v) is 3.25. The molecule has 2 atom stereocenters. The number of hydrogen-bond acceptors (Lipinski definition) is 4. The van der Waals surface area contributed by atoms with Crippen LogP contribution in [-0.4, -0.2) is 68.3 Å². The van der Waals surface area contributed by atoms with Crippen LogP contribution in [0.5, 0.6) is 5.75 Å². The van der Waals surface area contributed by atoms with Gasteiger partial charge in [0.05, 0.1) is 25.9 Å². The number of ether oxygens (including phenoxy) is 2. The zero-order valence-corrected chi connectivity index (χ0v) is 12.9. The first-order chi connectivity index (χ1) is 10.6. The monoisotopic (exact) mass is 308 g/mol. The summed E-state index contributed by atoms with van der Waals surface area (Å²) in [5.74, 6) is -0.511. The van der Waals surface area contributed by atoms with E-state index in [4.69, 9.17) is 9.47 Å². The van der Waals surface area contributed by atoms with Crippen molar-refractivity contribution in [2.24, 2.45) is 0 Å². The Morgan fingerprint density at radius 2 is 2.23 bits per heavy atom. The molecule has 0 spiro atoms. The van der Waals surface area contributed by atoms with E-state index in [1.54, 1.807) is 6.07 Å². The van der Waals surface area contributed by atoms with Gasteiger partial charge in [0.15, 0.2) is 11.6 Å². The van der Waals surface area contributed by atoms with Crippen molar-refractivity contribution < 1.29 is 18.7 Å². The molecule has 2 saturated heterocycles. The highest BCUT2D eigenvalue weighted by Crippen LogP contribution is 2.25. The van der Waals surface area contributed by atoms with Crippen molar-refractivity contribution in [2.45, 2.75) is 18.6 Å². The van der Waals surface area contributed by atoms with E-state index in [1.165, 1.54) is 19.2 Å². The van der Waals surface area contributed by atoms with Crippen LogP contribution < -0.4 is 4.74 Å². The number of methoxy groups -OCH3 is 1. The Labute approximate surface area is 129 Å². The molecule has 120 valence electrons. The lowest BCUT2D eigenvalue weighted by Gasteiger charge is -2.46. The summed E-state index contributed by atoms with van der Waals surface area (Å²) in [5.41, 5.74) is 0.354. The number of likely N-dealkylation sites (N-methyl/N-ethyl adjacent to an activating group) is 1. The molecule has 5 nitrogen and oxygen atoms in total. The molecule has 2 heterocycles. The van der Waals surface area contributed by atoms with Gasteiger partial charge in [0.25, 0.3) is 5.91 Å². The van der Waals surface area contributed by atoms with Gasteiger partial charge in [-0.15, -0.1) is 0 Å². The number of fused-ring (bicyclic) bond motifs is 1. The van der Waals surface area contributed by atoms with Crippen molar-refractivity contribution in [3.63, 3.8) is 0 Å². The summed E-state index contributed by atoms with van der Waals surface area (Å²) in [6.07, 6.45) is 0.999.